The lowest BCUT2D eigenvalue weighted by Crippen LogP contribution is -2.05. The number of hydrogen-bond donors (Lipinski definition) is 2. The average Bonchev–Trinajstić information content (AvgIpc) is 3.59. The van der Waals surface area contributed by atoms with Crippen LogP contribution < -0.4 is 0 Å². The molecule has 5 rings (SSSR count). The van der Waals surface area contributed by atoms with Crippen molar-refractivity contribution in [2.75, 3.05) is 0 Å². The molecule has 9 heteroatoms. The van der Waals surface area contributed by atoms with E-state index in [1.807, 2.05) is 60.1 Å². The summed E-state index contributed by atoms with van der Waals surface area (Å²) in [4.78, 5) is 15.6. The first-order valence-electron chi connectivity index (χ1n) is 11.8. The lowest BCUT2D eigenvalue weighted by Gasteiger charge is -2.10. The third-order valence-electron chi connectivity index (χ3n) is 5.98. The Morgan fingerprint density at radius 1 is 0.917 bits per heavy atom. The summed E-state index contributed by atoms with van der Waals surface area (Å²) in [6, 6.07) is 24.2. The van der Waals surface area contributed by atoms with Crippen molar-refractivity contribution in [3.63, 3.8) is 0 Å². The van der Waals surface area contributed by atoms with Crippen molar-refractivity contribution >= 4 is 5.97 Å². The fourth-order valence-corrected chi connectivity index (χ4v) is 4.10. The topological polar surface area (TPSA) is 122 Å². The summed E-state index contributed by atoms with van der Waals surface area (Å²) in [5.74, 6) is 1.34. The fraction of sp³-hybridized carbons (Fsp3) is 0.185. The van der Waals surface area contributed by atoms with Crippen LogP contribution in [0.3, 0.4) is 0 Å². The predicted molar refractivity (Wildman–Crippen MR) is 135 cm³/mol. The van der Waals surface area contributed by atoms with Crippen LogP contribution in [0.25, 0.3) is 33.9 Å². The van der Waals surface area contributed by atoms with Crippen molar-refractivity contribution in [3.8, 4) is 33.9 Å². The molecule has 5 aromatic rings. The summed E-state index contributed by atoms with van der Waals surface area (Å²) >= 11 is 0. The van der Waals surface area contributed by atoms with E-state index >= 15 is 0 Å². The number of H-pyrrole nitrogens is 1. The second-order valence-electron chi connectivity index (χ2n) is 8.43. The highest BCUT2D eigenvalue weighted by Crippen LogP contribution is 2.30. The summed E-state index contributed by atoms with van der Waals surface area (Å²) in [7, 11) is 0. The number of rotatable bonds is 9. The van der Waals surface area contributed by atoms with E-state index in [0.717, 1.165) is 51.5 Å². The molecule has 3 aromatic carbocycles. The largest absolute Gasteiger partial charge is 0.481 e. The van der Waals surface area contributed by atoms with Crippen LogP contribution in [0.1, 0.15) is 30.3 Å². The van der Waals surface area contributed by atoms with Gasteiger partial charge in [0.25, 0.3) is 0 Å². The van der Waals surface area contributed by atoms with Crippen LogP contribution in [-0.4, -0.2) is 46.5 Å². The van der Waals surface area contributed by atoms with Gasteiger partial charge in [0.05, 0.1) is 6.54 Å². The van der Waals surface area contributed by atoms with Crippen LogP contribution in [0.2, 0.25) is 0 Å². The molecule has 0 saturated carbocycles. The van der Waals surface area contributed by atoms with Gasteiger partial charge in [-0.25, -0.2) is 9.67 Å². The molecule has 0 amide bonds. The first-order chi connectivity index (χ1) is 17.6. The first kappa shape index (κ1) is 23.1. The summed E-state index contributed by atoms with van der Waals surface area (Å²) in [5, 5.41) is 28.1. The Balaban J connectivity index is 1.38. The predicted octanol–water partition coefficient (Wildman–Crippen LogP) is 4.42. The summed E-state index contributed by atoms with van der Waals surface area (Å²) < 4.78 is 1.92. The highest BCUT2D eigenvalue weighted by atomic mass is 16.4. The summed E-state index contributed by atoms with van der Waals surface area (Å²) in [6.07, 6.45) is 1.36. The normalized spacial score (nSPS) is 11.0. The molecule has 0 atom stereocenters. The average molecular weight is 480 g/mol. The monoisotopic (exact) mass is 479 g/mol. The van der Waals surface area contributed by atoms with Gasteiger partial charge in [0.1, 0.15) is 0 Å². The number of aliphatic carboxylic acids is 1. The number of nitrogens with one attached hydrogen (secondary N) is 1. The molecule has 0 aliphatic rings. The van der Waals surface area contributed by atoms with E-state index in [-0.39, 0.29) is 6.42 Å². The zero-order valence-electron chi connectivity index (χ0n) is 19.8. The van der Waals surface area contributed by atoms with Crippen LogP contribution >= 0.6 is 0 Å². The van der Waals surface area contributed by atoms with Gasteiger partial charge in [0, 0.05) is 24.0 Å². The third kappa shape index (κ3) is 5.05. The molecule has 0 aliphatic carbocycles. The molecular weight excluding hydrogens is 454 g/mol. The summed E-state index contributed by atoms with van der Waals surface area (Å²) in [5.41, 5.74) is 6.04. The quantitative estimate of drug-likeness (QED) is 0.321. The Hall–Kier alpha value is -4.66. The Morgan fingerprint density at radius 3 is 2.28 bits per heavy atom. The molecule has 0 fully saturated rings. The van der Waals surface area contributed by atoms with Gasteiger partial charge in [-0.1, -0.05) is 79.7 Å². The highest BCUT2D eigenvalue weighted by Gasteiger charge is 2.14. The molecule has 180 valence electrons. The molecule has 0 radical (unpaired) electrons. The second kappa shape index (κ2) is 10.3. The molecule has 0 aliphatic heterocycles. The molecule has 36 heavy (non-hydrogen) atoms. The van der Waals surface area contributed by atoms with Crippen LogP contribution in [0.4, 0.5) is 0 Å². The molecule has 2 heterocycles. The van der Waals surface area contributed by atoms with Gasteiger partial charge >= 0.3 is 5.97 Å². The van der Waals surface area contributed by atoms with E-state index in [9.17, 15) is 4.79 Å². The van der Waals surface area contributed by atoms with E-state index in [0.29, 0.717) is 18.8 Å². The Kier molecular flexibility index (Phi) is 6.61. The summed E-state index contributed by atoms with van der Waals surface area (Å²) in [6.45, 7) is 2.62. The van der Waals surface area contributed by atoms with Crippen LogP contribution in [-0.2, 0) is 24.2 Å². The minimum absolute atomic E-state index is 0.116. The number of nitrogens with zero attached hydrogens (tertiary/aromatic N) is 6. The fourth-order valence-electron chi connectivity index (χ4n) is 4.10. The van der Waals surface area contributed by atoms with Gasteiger partial charge in [-0.15, -0.1) is 10.2 Å². The van der Waals surface area contributed by atoms with Crippen molar-refractivity contribution in [2.45, 2.75) is 32.7 Å². The second-order valence-corrected chi connectivity index (χ2v) is 8.43. The van der Waals surface area contributed by atoms with Crippen LogP contribution in [0.15, 0.2) is 72.8 Å². The van der Waals surface area contributed by atoms with Gasteiger partial charge in [-0.3, -0.25) is 4.79 Å². The Labute approximate surface area is 207 Å². The maximum absolute atomic E-state index is 10.9. The zero-order chi connectivity index (χ0) is 24.9. The SMILES string of the molecule is CCc1nc(-c2ccc(CCC(=O)O)cc2)n(Cc2ccc(-c3ccccc3-c3nn[nH]n3)cc2)n1. The minimum Gasteiger partial charge on any atom is -0.481 e. The van der Waals surface area contributed by atoms with Crippen molar-refractivity contribution in [1.29, 1.82) is 0 Å². The number of benzene rings is 3. The smallest absolute Gasteiger partial charge is 0.303 e. The molecule has 0 unspecified atom stereocenters. The Morgan fingerprint density at radius 2 is 1.61 bits per heavy atom. The van der Waals surface area contributed by atoms with Crippen molar-refractivity contribution in [1.82, 2.24) is 35.4 Å². The van der Waals surface area contributed by atoms with E-state index in [4.69, 9.17) is 15.2 Å². The van der Waals surface area contributed by atoms with Crippen molar-refractivity contribution in [3.05, 3.63) is 89.7 Å². The maximum Gasteiger partial charge on any atom is 0.303 e. The number of carboxylic acid groups (broad SMARTS) is 1. The minimum atomic E-state index is -0.796. The molecule has 0 bridgehead atoms. The standard InChI is InChI=1S/C27H25N7O2/c1-2-24-28-27(21-14-7-18(8-15-21)11-16-25(35)36)34(31-24)17-19-9-12-20(13-10-19)22-5-3-4-6-23(22)26-29-32-33-30-26/h3-10,12-15H,2,11,16-17H2,1H3,(H,35,36)(H,29,30,32,33). The maximum atomic E-state index is 10.9. The highest BCUT2D eigenvalue weighted by molar-refractivity contribution is 5.80. The van der Waals surface area contributed by atoms with Crippen LogP contribution in [0.5, 0.6) is 0 Å². The molecule has 2 aromatic heterocycles. The number of tetrazole rings is 1. The van der Waals surface area contributed by atoms with E-state index in [1.54, 1.807) is 0 Å². The van der Waals surface area contributed by atoms with Gasteiger partial charge < -0.3 is 5.11 Å². The first-order valence-corrected chi connectivity index (χ1v) is 11.8. The number of aromatic amines is 1. The molecular formula is C27H25N7O2. The van der Waals surface area contributed by atoms with E-state index in [2.05, 4.69) is 44.9 Å². The number of carboxylic acids is 1. The van der Waals surface area contributed by atoms with E-state index in [1.165, 1.54) is 0 Å². The molecule has 9 nitrogen and oxygen atoms in total. The molecule has 2 N–H and O–H groups in total. The van der Waals surface area contributed by atoms with Crippen molar-refractivity contribution in [2.24, 2.45) is 0 Å². The van der Waals surface area contributed by atoms with Gasteiger partial charge in [0.2, 0.25) is 5.82 Å². The zero-order valence-corrected chi connectivity index (χ0v) is 19.8. The van der Waals surface area contributed by atoms with Gasteiger partial charge in [0.15, 0.2) is 11.6 Å². The third-order valence-corrected chi connectivity index (χ3v) is 5.98. The van der Waals surface area contributed by atoms with E-state index < -0.39 is 5.97 Å². The Bertz CT molecular complexity index is 1460. The lowest BCUT2D eigenvalue weighted by atomic mass is 9.98. The van der Waals surface area contributed by atoms with Crippen molar-refractivity contribution < 1.29 is 9.90 Å². The number of aromatic nitrogens is 7. The van der Waals surface area contributed by atoms with Gasteiger partial charge in [-0.05, 0) is 33.9 Å². The lowest BCUT2D eigenvalue weighted by molar-refractivity contribution is -0.136. The van der Waals surface area contributed by atoms with Gasteiger partial charge in [-0.2, -0.15) is 10.3 Å². The number of aryl methyl sites for hydroxylation is 2. The molecule has 0 spiro atoms. The van der Waals surface area contributed by atoms with Crippen LogP contribution in [0, 0.1) is 0 Å². The molecule has 0 saturated heterocycles. The number of hydrogen-bond acceptors (Lipinski definition) is 6. The number of carbonyl (C=O) groups is 1.